The van der Waals surface area contributed by atoms with Crippen LogP contribution in [0.25, 0.3) is 10.9 Å². The van der Waals surface area contributed by atoms with Gasteiger partial charge in [-0.3, -0.25) is 9.69 Å². The Morgan fingerprint density at radius 1 is 1.42 bits per heavy atom. The largest absolute Gasteiger partial charge is 0.468 e. The van der Waals surface area contributed by atoms with Crippen molar-refractivity contribution in [2.24, 2.45) is 5.41 Å². The Labute approximate surface area is 159 Å². The number of hydrogen-bond acceptors (Lipinski definition) is 3. The molecule has 2 bridgehead atoms. The predicted octanol–water partition coefficient (Wildman–Crippen LogP) is 3.90. The number of H-pyrrole nitrogens is 1. The molecule has 3 unspecified atom stereocenters. The fraction of sp³-hybridized carbons (Fsp3) is 0.476. The zero-order valence-electron chi connectivity index (χ0n) is 15.3. The van der Waals surface area contributed by atoms with Crippen LogP contribution in [0.4, 0.5) is 0 Å². The van der Waals surface area contributed by atoms with Gasteiger partial charge >= 0.3 is 5.97 Å². The van der Waals surface area contributed by atoms with Crippen LogP contribution in [0.15, 0.2) is 42.6 Å². The minimum Gasteiger partial charge on any atom is -0.468 e. The minimum atomic E-state index is -0.988. The van der Waals surface area contributed by atoms with Crippen molar-refractivity contribution in [2.75, 3.05) is 20.2 Å². The zero-order chi connectivity index (χ0) is 18.4. The van der Waals surface area contributed by atoms with Gasteiger partial charge in [-0.25, -0.2) is 0 Å². The van der Waals surface area contributed by atoms with Crippen molar-refractivity contribution in [3.8, 4) is 0 Å². The molecule has 138 valence electrons. The number of esters is 1. The number of benzene rings is 1. The third kappa shape index (κ3) is 2.67. The topological polar surface area (TPSA) is 45.3 Å². The summed E-state index contributed by atoms with van der Waals surface area (Å²) < 4.78 is 5.05. The lowest BCUT2D eigenvalue weighted by molar-refractivity contribution is -0.149. The lowest BCUT2D eigenvalue weighted by Crippen LogP contribution is -2.65. The van der Waals surface area contributed by atoms with Crippen molar-refractivity contribution in [3.05, 3.63) is 48.2 Å². The highest BCUT2D eigenvalue weighted by Gasteiger charge is 2.58. The molecule has 0 spiro atoms. The average molecular weight is 373 g/mol. The van der Waals surface area contributed by atoms with E-state index in [2.05, 4.69) is 53.4 Å². The summed E-state index contributed by atoms with van der Waals surface area (Å²) in [4.78, 5) is 17.2. The fourth-order valence-electron chi connectivity index (χ4n) is 4.68. The van der Waals surface area contributed by atoms with E-state index >= 15 is 0 Å². The summed E-state index contributed by atoms with van der Waals surface area (Å²) in [5, 5.41) is 1.26. The van der Waals surface area contributed by atoms with Gasteiger partial charge in [-0.05, 0) is 30.9 Å². The van der Waals surface area contributed by atoms with Crippen molar-refractivity contribution in [1.29, 1.82) is 0 Å². The normalized spacial score (nSPS) is 30.8. The van der Waals surface area contributed by atoms with E-state index in [0.717, 1.165) is 31.4 Å². The Bertz CT molecular complexity index is 861. The van der Waals surface area contributed by atoms with Gasteiger partial charge in [0.15, 0.2) is 4.87 Å². The molecule has 3 heterocycles. The Hall–Kier alpha value is -1.78. The molecular formula is C21H25ClN2O2. The lowest BCUT2D eigenvalue weighted by Gasteiger charge is -2.55. The first-order chi connectivity index (χ1) is 12.5. The first-order valence-electron chi connectivity index (χ1n) is 9.27. The van der Waals surface area contributed by atoms with Crippen LogP contribution in [0.2, 0.25) is 0 Å². The quantitative estimate of drug-likeness (QED) is 0.492. The number of fused-ring (bicyclic) bond motifs is 3. The number of halogens is 1. The highest BCUT2D eigenvalue weighted by Crippen LogP contribution is 2.50. The molecule has 0 radical (unpaired) electrons. The Kier molecular flexibility index (Phi) is 4.36. The monoisotopic (exact) mass is 372 g/mol. The number of rotatable bonds is 5. The molecule has 2 aromatic rings. The average Bonchev–Trinajstić information content (AvgIpc) is 3.09. The first kappa shape index (κ1) is 17.6. The van der Waals surface area contributed by atoms with Crippen molar-refractivity contribution in [3.63, 3.8) is 0 Å². The Morgan fingerprint density at radius 3 is 3.00 bits per heavy atom. The van der Waals surface area contributed by atoms with E-state index in [1.165, 1.54) is 18.1 Å². The van der Waals surface area contributed by atoms with Crippen LogP contribution < -0.4 is 0 Å². The number of nitrogens with zero attached hydrogens (tertiary/aromatic N) is 1. The second-order valence-electron chi connectivity index (χ2n) is 7.63. The number of carbonyl (C=O) groups is 1. The van der Waals surface area contributed by atoms with Gasteiger partial charge in [-0.2, -0.15) is 0 Å². The van der Waals surface area contributed by atoms with Crippen LogP contribution in [0.5, 0.6) is 0 Å². The molecule has 1 saturated heterocycles. The van der Waals surface area contributed by atoms with E-state index in [9.17, 15) is 4.79 Å². The van der Waals surface area contributed by atoms with E-state index in [1.807, 2.05) is 6.07 Å². The van der Waals surface area contributed by atoms with Crippen LogP contribution in [0.3, 0.4) is 0 Å². The minimum absolute atomic E-state index is 0.0507. The van der Waals surface area contributed by atoms with E-state index in [0.29, 0.717) is 6.42 Å². The summed E-state index contributed by atoms with van der Waals surface area (Å²) in [6.45, 7) is 3.98. The molecular weight excluding hydrogens is 348 g/mol. The van der Waals surface area contributed by atoms with Crippen molar-refractivity contribution < 1.29 is 9.53 Å². The standard InChI is InChI=1S/C21H25ClN2O2/c1-3-20-10-8-18(21(22,13-20)19(25)26-2)24(14-20)11-9-15-12-23-17-7-5-4-6-16(15)17/h4-8,10,12,18,23H,3,9,11,13-14H2,1-2H3. The van der Waals surface area contributed by atoms with Crippen molar-refractivity contribution in [2.45, 2.75) is 37.1 Å². The van der Waals surface area contributed by atoms with Crippen LogP contribution in [0, 0.1) is 5.41 Å². The number of aromatic nitrogens is 1. The fourth-order valence-corrected chi connectivity index (χ4v) is 5.24. The molecule has 3 aliphatic rings. The third-order valence-corrected chi connectivity index (χ3v) is 6.71. The lowest BCUT2D eigenvalue weighted by atomic mass is 9.65. The molecule has 1 aromatic carbocycles. The number of aromatic amines is 1. The number of piperidine rings is 1. The van der Waals surface area contributed by atoms with Gasteiger partial charge in [0.05, 0.1) is 13.2 Å². The Morgan fingerprint density at radius 2 is 2.23 bits per heavy atom. The summed E-state index contributed by atoms with van der Waals surface area (Å²) >= 11 is 6.87. The SMILES string of the molecule is CCC12C=CC(N(CCc3c[nH]c4ccccc34)C1)C(Cl)(C(=O)OC)C2. The summed E-state index contributed by atoms with van der Waals surface area (Å²) in [7, 11) is 1.42. The van der Waals surface area contributed by atoms with Gasteiger partial charge in [0.2, 0.25) is 0 Å². The maximum Gasteiger partial charge on any atom is 0.328 e. The van der Waals surface area contributed by atoms with Crippen molar-refractivity contribution >= 4 is 28.5 Å². The highest BCUT2D eigenvalue weighted by atomic mass is 35.5. The van der Waals surface area contributed by atoms with Gasteiger partial charge in [0, 0.05) is 35.6 Å². The molecule has 0 amide bonds. The predicted molar refractivity (Wildman–Crippen MR) is 104 cm³/mol. The van der Waals surface area contributed by atoms with Gasteiger partial charge in [-0.15, -0.1) is 11.6 Å². The number of ether oxygens (including phenoxy) is 1. The van der Waals surface area contributed by atoms with Crippen LogP contribution in [-0.2, 0) is 16.0 Å². The maximum atomic E-state index is 12.5. The zero-order valence-corrected chi connectivity index (χ0v) is 16.1. The molecule has 1 fully saturated rings. The second kappa shape index (κ2) is 6.43. The van der Waals surface area contributed by atoms with Crippen LogP contribution >= 0.6 is 11.6 Å². The third-order valence-electron chi connectivity index (χ3n) is 6.19. The summed E-state index contributed by atoms with van der Waals surface area (Å²) in [6, 6.07) is 8.24. The molecule has 5 rings (SSSR count). The van der Waals surface area contributed by atoms with E-state index in [1.54, 1.807) is 0 Å². The molecule has 0 saturated carbocycles. The van der Waals surface area contributed by atoms with E-state index in [-0.39, 0.29) is 17.4 Å². The molecule has 1 aromatic heterocycles. The molecule has 5 heteroatoms. The van der Waals surface area contributed by atoms with Gasteiger partial charge in [0.1, 0.15) is 0 Å². The summed E-state index contributed by atoms with van der Waals surface area (Å²) in [6.07, 6.45) is 9.01. The first-order valence-corrected chi connectivity index (χ1v) is 9.65. The summed E-state index contributed by atoms with van der Waals surface area (Å²) in [5.41, 5.74) is 2.41. The number of nitrogens with one attached hydrogen (secondary N) is 1. The molecule has 2 aliphatic heterocycles. The molecule has 1 aliphatic carbocycles. The number of para-hydroxylation sites is 1. The van der Waals surface area contributed by atoms with Crippen LogP contribution in [0.1, 0.15) is 25.3 Å². The number of carbonyl (C=O) groups excluding carboxylic acids is 1. The van der Waals surface area contributed by atoms with E-state index < -0.39 is 4.87 Å². The number of hydrogen-bond donors (Lipinski definition) is 1. The van der Waals surface area contributed by atoms with E-state index in [4.69, 9.17) is 16.3 Å². The van der Waals surface area contributed by atoms with Crippen molar-refractivity contribution in [1.82, 2.24) is 9.88 Å². The Balaban J connectivity index is 1.58. The smallest absolute Gasteiger partial charge is 0.328 e. The second-order valence-corrected chi connectivity index (χ2v) is 8.31. The molecule has 3 atom stereocenters. The summed E-state index contributed by atoms with van der Waals surface area (Å²) in [5.74, 6) is -0.317. The maximum absolute atomic E-state index is 12.5. The molecule has 26 heavy (non-hydrogen) atoms. The van der Waals surface area contributed by atoms with Gasteiger partial charge in [-0.1, -0.05) is 37.3 Å². The van der Waals surface area contributed by atoms with Crippen LogP contribution in [-0.4, -0.2) is 47.0 Å². The molecule has 4 nitrogen and oxygen atoms in total. The molecule has 1 N–H and O–H groups in total. The van der Waals surface area contributed by atoms with Gasteiger partial charge in [0.25, 0.3) is 0 Å². The van der Waals surface area contributed by atoms with Gasteiger partial charge < -0.3 is 9.72 Å². The number of methoxy groups -OCH3 is 1. The number of alkyl halides is 1. The highest BCUT2D eigenvalue weighted by molar-refractivity contribution is 6.35.